The maximum Gasteiger partial charge on any atom is 0.319 e. The van der Waals surface area contributed by atoms with Gasteiger partial charge in [-0.3, -0.25) is 0 Å². The van der Waals surface area contributed by atoms with Gasteiger partial charge in [0.05, 0.1) is 0 Å². The van der Waals surface area contributed by atoms with Gasteiger partial charge in [0, 0.05) is 52.9 Å². The Morgan fingerprint density at radius 2 is 1.88 bits per heavy atom. The molecule has 2 aliphatic rings. The van der Waals surface area contributed by atoms with Crippen LogP contribution < -0.4 is 5.32 Å². The maximum absolute atomic E-state index is 11.6. The summed E-state index contributed by atoms with van der Waals surface area (Å²) in [5, 5.41) is 3.35. The van der Waals surface area contributed by atoms with Crippen molar-refractivity contribution in [3.63, 3.8) is 0 Å². The minimum Gasteiger partial charge on any atom is -0.326 e. The van der Waals surface area contributed by atoms with Crippen molar-refractivity contribution in [3.05, 3.63) is 0 Å². The van der Waals surface area contributed by atoms with Crippen LogP contribution in [-0.2, 0) is 0 Å². The van der Waals surface area contributed by atoms with Crippen LogP contribution in [-0.4, -0.2) is 80.1 Å². The van der Waals surface area contributed by atoms with Crippen LogP contribution in [0.4, 0.5) is 4.79 Å². The zero-order valence-electron chi connectivity index (χ0n) is 10.1. The van der Waals surface area contributed by atoms with E-state index in [4.69, 9.17) is 0 Å². The van der Waals surface area contributed by atoms with Gasteiger partial charge in [-0.25, -0.2) is 4.79 Å². The fraction of sp³-hybridized carbons (Fsp3) is 0.909. The highest BCUT2D eigenvalue weighted by Gasteiger charge is 2.24. The van der Waals surface area contributed by atoms with Crippen molar-refractivity contribution in [2.45, 2.75) is 6.42 Å². The number of likely N-dealkylation sites (N-methyl/N-ethyl adjacent to an activating group) is 1. The molecule has 2 rings (SSSR count). The van der Waals surface area contributed by atoms with E-state index in [-0.39, 0.29) is 6.03 Å². The normalized spacial score (nSPS) is 23.2. The minimum atomic E-state index is 0.195. The molecule has 0 saturated carbocycles. The first kappa shape index (κ1) is 11.7. The average Bonchev–Trinajstić information content (AvgIpc) is 2.62. The zero-order chi connectivity index (χ0) is 11.4. The summed E-state index contributed by atoms with van der Waals surface area (Å²) in [6, 6.07) is 0.195. The lowest BCUT2D eigenvalue weighted by molar-refractivity contribution is 0.191. The molecule has 2 amide bonds. The molecule has 1 N–H and O–H groups in total. The number of carbonyl (C=O) groups excluding carboxylic acids is 1. The van der Waals surface area contributed by atoms with E-state index in [0.29, 0.717) is 0 Å². The molecule has 0 unspecified atom stereocenters. The molecule has 0 aromatic heterocycles. The van der Waals surface area contributed by atoms with Crippen LogP contribution in [0.5, 0.6) is 0 Å². The third-order valence-electron chi connectivity index (χ3n) is 3.41. The SMILES string of the molecule is CN1CCN(CCCN2CCNCC2)C1=O. The Hall–Kier alpha value is -0.810. The van der Waals surface area contributed by atoms with Gasteiger partial charge in [-0.15, -0.1) is 0 Å². The molecule has 2 heterocycles. The zero-order valence-corrected chi connectivity index (χ0v) is 10.1. The number of rotatable bonds is 4. The number of piperazine rings is 1. The molecule has 0 bridgehead atoms. The van der Waals surface area contributed by atoms with Gasteiger partial charge >= 0.3 is 6.03 Å². The second kappa shape index (κ2) is 5.50. The third-order valence-corrected chi connectivity index (χ3v) is 3.41. The van der Waals surface area contributed by atoms with Gasteiger partial charge in [0.15, 0.2) is 0 Å². The molecule has 0 aromatic rings. The maximum atomic E-state index is 11.6. The second-order valence-corrected chi connectivity index (χ2v) is 4.64. The highest BCUT2D eigenvalue weighted by atomic mass is 16.2. The third kappa shape index (κ3) is 2.86. The molecule has 5 heteroatoms. The summed E-state index contributed by atoms with van der Waals surface area (Å²) in [6.07, 6.45) is 1.10. The van der Waals surface area contributed by atoms with Gasteiger partial charge in [0.1, 0.15) is 0 Å². The smallest absolute Gasteiger partial charge is 0.319 e. The average molecular weight is 226 g/mol. The predicted octanol–water partition coefficient (Wildman–Crippen LogP) is -0.351. The van der Waals surface area contributed by atoms with Crippen LogP contribution in [0, 0.1) is 0 Å². The highest BCUT2D eigenvalue weighted by molar-refractivity contribution is 5.76. The van der Waals surface area contributed by atoms with Crippen molar-refractivity contribution in [1.29, 1.82) is 0 Å². The number of hydrogen-bond acceptors (Lipinski definition) is 3. The quantitative estimate of drug-likeness (QED) is 0.712. The standard InChI is InChI=1S/C11H22N4O/c1-13-9-10-15(11(13)16)6-2-5-14-7-3-12-4-8-14/h12H,2-10H2,1H3. The molecule has 92 valence electrons. The monoisotopic (exact) mass is 226 g/mol. The highest BCUT2D eigenvalue weighted by Crippen LogP contribution is 2.06. The van der Waals surface area contributed by atoms with Crippen molar-refractivity contribution in [1.82, 2.24) is 20.0 Å². The molecule has 2 fully saturated rings. The van der Waals surface area contributed by atoms with Gasteiger partial charge in [-0.05, 0) is 13.0 Å². The molecule has 5 nitrogen and oxygen atoms in total. The first-order valence-corrected chi connectivity index (χ1v) is 6.20. The van der Waals surface area contributed by atoms with Crippen molar-refractivity contribution in [2.75, 3.05) is 59.4 Å². The molecular weight excluding hydrogens is 204 g/mol. The molecule has 2 saturated heterocycles. The Morgan fingerprint density at radius 3 is 2.50 bits per heavy atom. The van der Waals surface area contributed by atoms with Crippen LogP contribution >= 0.6 is 0 Å². The number of amides is 2. The van der Waals surface area contributed by atoms with Gasteiger partial charge in [-0.1, -0.05) is 0 Å². The Labute approximate surface area is 97.4 Å². The summed E-state index contributed by atoms with van der Waals surface area (Å²) < 4.78 is 0. The van der Waals surface area contributed by atoms with E-state index in [1.165, 1.54) is 0 Å². The molecule has 16 heavy (non-hydrogen) atoms. The molecule has 2 aliphatic heterocycles. The fourth-order valence-electron chi connectivity index (χ4n) is 2.33. The van der Waals surface area contributed by atoms with Gasteiger partial charge in [-0.2, -0.15) is 0 Å². The molecule has 0 radical (unpaired) electrons. The number of nitrogens with zero attached hydrogens (tertiary/aromatic N) is 3. The van der Waals surface area contributed by atoms with Crippen molar-refractivity contribution >= 4 is 6.03 Å². The summed E-state index contributed by atoms with van der Waals surface area (Å²) in [7, 11) is 1.87. The van der Waals surface area contributed by atoms with Crippen molar-refractivity contribution < 1.29 is 4.79 Å². The van der Waals surface area contributed by atoms with E-state index in [1.54, 1.807) is 4.90 Å². The summed E-state index contributed by atoms with van der Waals surface area (Å²) in [4.78, 5) is 17.8. The second-order valence-electron chi connectivity index (χ2n) is 4.64. The summed E-state index contributed by atoms with van der Waals surface area (Å²) in [5.41, 5.74) is 0. The molecule has 0 spiro atoms. The predicted molar refractivity (Wildman–Crippen MR) is 63.5 cm³/mol. The first-order valence-electron chi connectivity index (χ1n) is 6.20. The largest absolute Gasteiger partial charge is 0.326 e. The Bertz CT molecular complexity index is 240. The van der Waals surface area contributed by atoms with Crippen LogP contribution in [0.1, 0.15) is 6.42 Å². The summed E-state index contributed by atoms with van der Waals surface area (Å²) in [5.74, 6) is 0. The number of carbonyl (C=O) groups is 1. The minimum absolute atomic E-state index is 0.195. The van der Waals surface area contributed by atoms with Crippen molar-refractivity contribution in [2.24, 2.45) is 0 Å². The first-order chi connectivity index (χ1) is 7.77. The van der Waals surface area contributed by atoms with Crippen molar-refractivity contribution in [3.8, 4) is 0 Å². The van der Waals surface area contributed by atoms with Crippen LogP contribution in [0.2, 0.25) is 0 Å². The van der Waals surface area contributed by atoms with E-state index in [2.05, 4.69) is 10.2 Å². The van der Waals surface area contributed by atoms with Crippen LogP contribution in [0.25, 0.3) is 0 Å². The summed E-state index contributed by atoms with van der Waals surface area (Å²) in [6.45, 7) is 8.31. The lowest BCUT2D eigenvalue weighted by atomic mass is 10.3. The van der Waals surface area contributed by atoms with E-state index in [1.807, 2.05) is 11.9 Å². The van der Waals surface area contributed by atoms with Gasteiger partial charge in [0.25, 0.3) is 0 Å². The van der Waals surface area contributed by atoms with Gasteiger partial charge < -0.3 is 20.0 Å². The topological polar surface area (TPSA) is 38.8 Å². The van der Waals surface area contributed by atoms with Gasteiger partial charge in [0.2, 0.25) is 0 Å². The number of hydrogen-bond donors (Lipinski definition) is 1. The van der Waals surface area contributed by atoms with E-state index < -0.39 is 0 Å². The molecule has 0 aliphatic carbocycles. The van der Waals surface area contributed by atoms with E-state index in [0.717, 1.165) is 58.8 Å². The Kier molecular flexibility index (Phi) is 4.01. The lowest BCUT2D eigenvalue weighted by Crippen LogP contribution is -2.44. The number of urea groups is 1. The number of nitrogens with one attached hydrogen (secondary N) is 1. The summed E-state index contributed by atoms with van der Waals surface area (Å²) >= 11 is 0. The molecule has 0 aromatic carbocycles. The van der Waals surface area contributed by atoms with Crippen LogP contribution in [0.15, 0.2) is 0 Å². The van der Waals surface area contributed by atoms with Crippen LogP contribution in [0.3, 0.4) is 0 Å². The Balaban J connectivity index is 1.62. The Morgan fingerprint density at radius 1 is 1.12 bits per heavy atom. The molecule has 0 atom stereocenters. The lowest BCUT2D eigenvalue weighted by Gasteiger charge is -2.27. The van der Waals surface area contributed by atoms with E-state index >= 15 is 0 Å². The fourth-order valence-corrected chi connectivity index (χ4v) is 2.33. The van der Waals surface area contributed by atoms with E-state index in [9.17, 15) is 4.79 Å². The molecular formula is C11H22N4O.